The largest absolute Gasteiger partial charge is 0.494 e. The Morgan fingerprint density at radius 3 is 2.50 bits per heavy atom. The molecule has 272 valence electrons. The Kier molecular flexibility index (Phi) is 12.7. The summed E-state index contributed by atoms with van der Waals surface area (Å²) in [7, 11) is 5.60. The number of aliphatic hydroxyl groups excluding tert-OH is 1. The molecule has 0 spiro atoms. The highest BCUT2D eigenvalue weighted by molar-refractivity contribution is 6.05. The van der Waals surface area contributed by atoms with Crippen LogP contribution < -0.4 is 36.2 Å². The fourth-order valence-electron chi connectivity index (χ4n) is 7.37. The molecule has 3 fully saturated rings. The van der Waals surface area contributed by atoms with Crippen LogP contribution in [0.15, 0.2) is 61.0 Å². The summed E-state index contributed by atoms with van der Waals surface area (Å²) in [4.78, 5) is 22.3. The normalized spacial score (nSPS) is 19.8. The second kappa shape index (κ2) is 17.1. The van der Waals surface area contributed by atoms with E-state index in [1.54, 1.807) is 13.2 Å². The van der Waals surface area contributed by atoms with Crippen LogP contribution in [0.1, 0.15) is 44.6 Å². The highest BCUT2D eigenvalue weighted by atomic mass is 16.5. The maximum Gasteiger partial charge on any atom is 0.247 e. The van der Waals surface area contributed by atoms with Gasteiger partial charge in [-0.05, 0) is 75.3 Å². The molecular weight excluding hydrogens is 630 g/mol. The second-order valence-corrected chi connectivity index (χ2v) is 14.1. The van der Waals surface area contributed by atoms with Gasteiger partial charge >= 0.3 is 0 Å². The predicted octanol–water partition coefficient (Wildman–Crippen LogP) is 3.80. The van der Waals surface area contributed by atoms with E-state index < -0.39 is 0 Å². The van der Waals surface area contributed by atoms with Crippen LogP contribution in [0.2, 0.25) is 0 Å². The van der Waals surface area contributed by atoms with Crippen molar-refractivity contribution in [2.75, 3.05) is 81.0 Å². The Bertz CT molecular complexity index is 1520. The number of piperazine rings is 1. The van der Waals surface area contributed by atoms with Crippen LogP contribution in [0.4, 0.5) is 22.7 Å². The molecule has 5 rings (SSSR count). The topological polar surface area (TPSA) is 145 Å². The third-order valence-electron chi connectivity index (χ3n) is 10.1. The number of rotatable bonds is 15. The summed E-state index contributed by atoms with van der Waals surface area (Å²) in [6.07, 6.45) is 8.73. The number of anilines is 4. The number of carbonyl (C=O) groups excluding carboxylic acids is 1. The molecule has 2 aromatic rings. The zero-order chi connectivity index (χ0) is 35.8. The van der Waals surface area contributed by atoms with Gasteiger partial charge in [0.15, 0.2) is 0 Å². The minimum Gasteiger partial charge on any atom is -0.494 e. The van der Waals surface area contributed by atoms with Crippen LogP contribution >= 0.6 is 0 Å². The number of methoxy groups -OCH3 is 1. The number of hydrogen-bond acceptors (Lipinski definition) is 10. The number of piperidine rings is 1. The monoisotopic (exact) mass is 687 g/mol. The fraction of sp³-hybridized carbons (Fsp3) is 0.526. The van der Waals surface area contributed by atoms with Gasteiger partial charge in [-0.1, -0.05) is 18.7 Å². The van der Waals surface area contributed by atoms with Crippen molar-refractivity contribution in [1.29, 1.82) is 5.41 Å². The number of aliphatic hydroxyl groups is 1. The van der Waals surface area contributed by atoms with Gasteiger partial charge in [0.2, 0.25) is 5.91 Å². The highest BCUT2D eigenvalue weighted by Crippen LogP contribution is 2.39. The van der Waals surface area contributed by atoms with Crippen LogP contribution in [0, 0.1) is 5.41 Å². The Balaban J connectivity index is 1.25. The molecule has 2 aromatic carbocycles. The van der Waals surface area contributed by atoms with Crippen LogP contribution in [0.25, 0.3) is 0 Å². The van der Waals surface area contributed by atoms with E-state index >= 15 is 0 Å². The summed E-state index contributed by atoms with van der Waals surface area (Å²) in [5, 5.41) is 27.8. The van der Waals surface area contributed by atoms with E-state index in [0.29, 0.717) is 47.9 Å². The molecule has 1 saturated carbocycles. The van der Waals surface area contributed by atoms with Crippen molar-refractivity contribution in [3.63, 3.8) is 0 Å². The number of ether oxygens (including phenoxy) is 1. The molecule has 12 nitrogen and oxygen atoms in total. The van der Waals surface area contributed by atoms with E-state index in [1.165, 1.54) is 25.0 Å². The molecule has 0 aromatic heterocycles. The molecule has 2 saturated heterocycles. The van der Waals surface area contributed by atoms with Crippen molar-refractivity contribution in [3.05, 3.63) is 66.5 Å². The van der Waals surface area contributed by atoms with E-state index in [2.05, 4.69) is 67.3 Å². The molecular formula is C38H57N9O3. The summed E-state index contributed by atoms with van der Waals surface area (Å²) >= 11 is 0. The van der Waals surface area contributed by atoms with E-state index in [-0.39, 0.29) is 24.4 Å². The number of benzene rings is 2. The fourth-order valence-corrected chi connectivity index (χ4v) is 7.37. The summed E-state index contributed by atoms with van der Waals surface area (Å²) in [6, 6.07) is 13.8. The third-order valence-corrected chi connectivity index (χ3v) is 10.1. The zero-order valence-corrected chi connectivity index (χ0v) is 30.3. The van der Waals surface area contributed by atoms with E-state index in [4.69, 9.17) is 15.9 Å². The first-order valence-corrected chi connectivity index (χ1v) is 17.9. The first kappa shape index (κ1) is 37.0. The van der Waals surface area contributed by atoms with Crippen LogP contribution in [0.3, 0.4) is 0 Å². The number of hydrogen-bond donors (Lipinski definition) is 6. The minimum atomic E-state index is -0.311. The molecule has 1 aliphatic carbocycles. The highest BCUT2D eigenvalue weighted by Gasteiger charge is 2.37. The Morgan fingerprint density at radius 2 is 1.86 bits per heavy atom. The van der Waals surface area contributed by atoms with Crippen molar-refractivity contribution in [1.82, 2.24) is 15.1 Å². The molecule has 50 heavy (non-hydrogen) atoms. The molecule has 7 N–H and O–H groups in total. The number of amides is 1. The molecule has 1 unspecified atom stereocenters. The van der Waals surface area contributed by atoms with Crippen molar-refractivity contribution in [2.45, 2.75) is 69.6 Å². The summed E-state index contributed by atoms with van der Waals surface area (Å²) < 4.78 is 5.79. The predicted molar refractivity (Wildman–Crippen MR) is 205 cm³/mol. The second-order valence-electron chi connectivity index (χ2n) is 14.1. The van der Waals surface area contributed by atoms with Gasteiger partial charge in [-0.15, -0.1) is 0 Å². The molecule has 2 atom stereocenters. The van der Waals surface area contributed by atoms with Gasteiger partial charge in [0, 0.05) is 95.4 Å². The lowest BCUT2D eigenvalue weighted by Gasteiger charge is -2.46. The van der Waals surface area contributed by atoms with Gasteiger partial charge in [-0.2, -0.15) is 0 Å². The van der Waals surface area contributed by atoms with Crippen molar-refractivity contribution in [2.24, 2.45) is 5.73 Å². The van der Waals surface area contributed by atoms with E-state index in [9.17, 15) is 9.90 Å². The number of nitrogens with zero attached hydrogens (tertiary/aromatic N) is 4. The van der Waals surface area contributed by atoms with Gasteiger partial charge in [0.05, 0.1) is 30.0 Å². The molecule has 12 heteroatoms. The first-order chi connectivity index (χ1) is 24.1. The average Bonchev–Trinajstić information content (AvgIpc) is 3.94. The van der Waals surface area contributed by atoms with Gasteiger partial charge in [0.1, 0.15) is 11.6 Å². The van der Waals surface area contributed by atoms with E-state index in [1.807, 2.05) is 26.2 Å². The third kappa shape index (κ3) is 9.70. The standard InChI is InChI=1S/C38H57N9O3/c1-6-38(49)43-32-22-33(42-37(40)24-36(39)41-28(14-19-48)20-27-8-7-9-31(21-27)44(3)4)35(50-5)23-34(32)45-15-12-29(13-16-45)46-17-18-47(26(2)25-46)30-10-11-30/h6-9,21-24,26,28-30,41,48H,1,10-20,25,39H2,2-5H3,(H2,40,42)(H,43,49)/b36-24+/t26?,28-/m1/s1. The number of nitrogens with two attached hydrogens (primary N) is 1. The smallest absolute Gasteiger partial charge is 0.247 e. The number of amidine groups is 1. The van der Waals surface area contributed by atoms with Crippen LogP contribution in [-0.2, 0) is 11.2 Å². The SMILES string of the molecule is C=CC(=O)Nc1cc(NC(=N)/C=C(\N)N[C@H](CCO)Cc2cccc(N(C)C)c2)c(OC)cc1N1CCC(N2CCN(C3CC3)C(C)C2)CC1. The quantitative estimate of drug-likeness (QED) is 0.0930. The number of nitrogens with one attached hydrogen (secondary N) is 4. The Hall–Kier alpha value is -4.26. The Morgan fingerprint density at radius 1 is 1.10 bits per heavy atom. The molecule has 2 aliphatic heterocycles. The van der Waals surface area contributed by atoms with Gasteiger partial charge in [-0.3, -0.25) is 20.0 Å². The van der Waals surface area contributed by atoms with Gasteiger partial charge < -0.3 is 41.3 Å². The minimum absolute atomic E-state index is 0.00498. The van der Waals surface area contributed by atoms with Crippen molar-refractivity contribution < 1.29 is 14.6 Å². The number of carbonyl (C=O) groups is 1. The van der Waals surface area contributed by atoms with Crippen molar-refractivity contribution >= 4 is 34.5 Å². The van der Waals surface area contributed by atoms with Gasteiger partial charge in [-0.25, -0.2) is 0 Å². The van der Waals surface area contributed by atoms with Crippen LogP contribution in [-0.4, -0.2) is 111 Å². The molecule has 2 heterocycles. The molecule has 1 amide bonds. The van der Waals surface area contributed by atoms with Crippen molar-refractivity contribution in [3.8, 4) is 5.75 Å². The maximum atomic E-state index is 12.5. The Labute approximate surface area is 297 Å². The molecule has 0 radical (unpaired) electrons. The molecule has 0 bridgehead atoms. The first-order valence-electron chi connectivity index (χ1n) is 17.9. The lowest BCUT2D eigenvalue weighted by atomic mass is 9.99. The summed E-state index contributed by atoms with van der Waals surface area (Å²) in [5.74, 6) is 0.574. The molecule has 3 aliphatic rings. The zero-order valence-electron chi connectivity index (χ0n) is 30.3. The average molecular weight is 688 g/mol. The maximum absolute atomic E-state index is 12.5. The summed E-state index contributed by atoms with van der Waals surface area (Å²) in [5.41, 5.74) is 10.6. The summed E-state index contributed by atoms with van der Waals surface area (Å²) in [6.45, 7) is 11.2. The van der Waals surface area contributed by atoms with Crippen LogP contribution in [0.5, 0.6) is 5.75 Å². The lowest BCUT2D eigenvalue weighted by Crippen LogP contribution is -2.57. The van der Waals surface area contributed by atoms with E-state index in [0.717, 1.165) is 68.5 Å². The van der Waals surface area contributed by atoms with Gasteiger partial charge in [0.25, 0.3) is 0 Å². The lowest BCUT2D eigenvalue weighted by molar-refractivity contribution is -0.111.